The zero-order valence-corrected chi connectivity index (χ0v) is 17.8. The van der Waals surface area contributed by atoms with Crippen LogP contribution in [-0.4, -0.2) is 28.1 Å². The summed E-state index contributed by atoms with van der Waals surface area (Å²) in [5.41, 5.74) is 3.67. The van der Waals surface area contributed by atoms with Crippen LogP contribution in [0.25, 0.3) is 0 Å². The van der Waals surface area contributed by atoms with Crippen LogP contribution in [0.4, 0.5) is 5.69 Å². The minimum Gasteiger partial charge on any atom is -0.360 e. The van der Waals surface area contributed by atoms with Crippen molar-refractivity contribution in [1.29, 1.82) is 0 Å². The topological polar surface area (TPSA) is 27.3 Å². The first-order valence-electron chi connectivity index (χ1n) is 10.0. The molecule has 0 spiro atoms. The van der Waals surface area contributed by atoms with Crippen molar-refractivity contribution in [3.63, 3.8) is 0 Å². The van der Waals surface area contributed by atoms with Gasteiger partial charge in [0.05, 0.1) is 0 Å². The van der Waals surface area contributed by atoms with Crippen molar-refractivity contribution < 1.29 is 0 Å². The van der Waals surface area contributed by atoms with Crippen LogP contribution >= 0.6 is 23.6 Å². The van der Waals surface area contributed by atoms with Gasteiger partial charge in [-0.25, -0.2) is 0 Å². The van der Waals surface area contributed by atoms with E-state index >= 15 is 0 Å². The first kappa shape index (κ1) is 18.9. The molecule has 2 N–H and O–H groups in total. The lowest BCUT2D eigenvalue weighted by Gasteiger charge is -2.49. The van der Waals surface area contributed by atoms with Gasteiger partial charge in [-0.3, -0.25) is 4.90 Å². The van der Waals surface area contributed by atoms with Gasteiger partial charge in [-0.15, -0.1) is 11.3 Å². The van der Waals surface area contributed by atoms with Crippen molar-refractivity contribution in [1.82, 2.24) is 10.2 Å². The van der Waals surface area contributed by atoms with Gasteiger partial charge in [-0.1, -0.05) is 24.6 Å². The van der Waals surface area contributed by atoms with Crippen LogP contribution in [0.3, 0.4) is 0 Å². The molecular weight excluding hydrogens is 370 g/mol. The number of nitrogens with one attached hydrogen (secondary N) is 2. The summed E-state index contributed by atoms with van der Waals surface area (Å²) in [6.45, 7) is 5.40. The summed E-state index contributed by atoms with van der Waals surface area (Å²) in [6, 6.07) is 12.6. The first-order chi connectivity index (χ1) is 13.1. The fourth-order valence-corrected chi connectivity index (χ4v) is 5.66. The van der Waals surface area contributed by atoms with Gasteiger partial charge in [-0.2, -0.15) is 0 Å². The SMILES string of the molecule is Cc1cccc(NC(=S)NC2C[C@H]3CCC[C@@H](C2)N3Cc2cccs2)c1C. The molecule has 0 aliphatic carbocycles. The van der Waals surface area contributed by atoms with Gasteiger partial charge in [0.1, 0.15) is 0 Å². The Kier molecular flexibility index (Phi) is 5.81. The molecule has 2 aromatic rings. The molecule has 2 fully saturated rings. The van der Waals surface area contributed by atoms with Crippen LogP contribution in [0.5, 0.6) is 0 Å². The average molecular weight is 400 g/mol. The zero-order chi connectivity index (χ0) is 18.8. The maximum atomic E-state index is 5.64. The summed E-state index contributed by atoms with van der Waals surface area (Å²) in [6.07, 6.45) is 6.38. The molecule has 5 heteroatoms. The Morgan fingerprint density at radius 2 is 1.93 bits per heavy atom. The second-order valence-electron chi connectivity index (χ2n) is 8.00. The predicted molar refractivity (Wildman–Crippen MR) is 120 cm³/mol. The number of benzene rings is 1. The molecule has 3 atom stereocenters. The molecule has 2 aliphatic heterocycles. The smallest absolute Gasteiger partial charge is 0.171 e. The Hall–Kier alpha value is -1.43. The van der Waals surface area contributed by atoms with E-state index in [0.717, 1.165) is 17.3 Å². The summed E-state index contributed by atoms with van der Waals surface area (Å²) in [5, 5.41) is 9.99. The van der Waals surface area contributed by atoms with Crippen LogP contribution in [0.1, 0.15) is 48.1 Å². The number of rotatable bonds is 4. The zero-order valence-electron chi connectivity index (χ0n) is 16.2. The highest BCUT2D eigenvalue weighted by atomic mass is 32.1. The second kappa shape index (κ2) is 8.29. The highest BCUT2D eigenvalue weighted by Gasteiger charge is 2.38. The van der Waals surface area contributed by atoms with E-state index in [-0.39, 0.29) is 0 Å². The first-order valence-corrected chi connectivity index (χ1v) is 11.3. The van der Waals surface area contributed by atoms with Gasteiger partial charge in [-0.05, 0) is 80.4 Å². The molecule has 4 rings (SSSR count). The van der Waals surface area contributed by atoms with Crippen LogP contribution in [-0.2, 0) is 6.54 Å². The standard InChI is InChI=1S/C22H29N3S2/c1-15-6-3-10-21(16(15)2)24-22(26)23-17-12-18-7-4-8-19(13-17)25(18)14-20-9-5-11-27-20/h3,5-6,9-11,17-19H,4,7-8,12-14H2,1-2H3,(H2,23,24,26)/t17?,18-,19+. The predicted octanol–water partition coefficient (Wildman–Crippen LogP) is 5.24. The number of nitrogens with zero attached hydrogens (tertiary/aromatic N) is 1. The Labute approximate surface area is 172 Å². The molecule has 2 aliphatic rings. The molecule has 0 amide bonds. The molecule has 2 saturated heterocycles. The third kappa shape index (κ3) is 4.36. The van der Waals surface area contributed by atoms with Gasteiger partial charge < -0.3 is 10.6 Å². The highest BCUT2D eigenvalue weighted by Crippen LogP contribution is 2.35. The Bertz CT molecular complexity index is 773. The van der Waals surface area contributed by atoms with Crippen LogP contribution in [0.15, 0.2) is 35.7 Å². The molecule has 1 unspecified atom stereocenters. The number of hydrogen-bond donors (Lipinski definition) is 2. The van der Waals surface area contributed by atoms with Crippen molar-refractivity contribution in [2.75, 3.05) is 5.32 Å². The monoisotopic (exact) mass is 399 g/mol. The molecule has 1 aromatic carbocycles. The van der Waals surface area contributed by atoms with Gasteiger partial charge in [0.25, 0.3) is 0 Å². The maximum absolute atomic E-state index is 5.64. The Balaban J connectivity index is 1.37. The number of thiophene rings is 1. The van der Waals surface area contributed by atoms with E-state index in [1.165, 1.54) is 48.1 Å². The third-order valence-electron chi connectivity index (χ3n) is 6.23. The van der Waals surface area contributed by atoms with Crippen molar-refractivity contribution >= 4 is 34.4 Å². The number of fused-ring (bicyclic) bond motifs is 2. The van der Waals surface area contributed by atoms with E-state index in [2.05, 4.69) is 65.1 Å². The van der Waals surface area contributed by atoms with Crippen molar-refractivity contribution in [2.45, 2.75) is 70.6 Å². The highest BCUT2D eigenvalue weighted by molar-refractivity contribution is 7.80. The molecule has 0 radical (unpaired) electrons. The summed E-state index contributed by atoms with van der Waals surface area (Å²) in [5.74, 6) is 0. The van der Waals surface area contributed by atoms with Gasteiger partial charge in [0.15, 0.2) is 5.11 Å². The number of anilines is 1. The van der Waals surface area contributed by atoms with E-state index in [9.17, 15) is 0 Å². The fraction of sp³-hybridized carbons (Fsp3) is 0.500. The fourth-order valence-electron chi connectivity index (χ4n) is 4.67. The van der Waals surface area contributed by atoms with Gasteiger partial charge in [0.2, 0.25) is 0 Å². The number of thiocarbonyl (C=S) groups is 1. The Morgan fingerprint density at radius 3 is 2.63 bits per heavy atom. The minimum absolute atomic E-state index is 0.477. The molecule has 3 nitrogen and oxygen atoms in total. The second-order valence-corrected chi connectivity index (χ2v) is 9.45. The van der Waals surface area contributed by atoms with Gasteiger partial charge in [0, 0.05) is 35.2 Å². The summed E-state index contributed by atoms with van der Waals surface area (Å²) >= 11 is 7.52. The number of hydrogen-bond acceptors (Lipinski definition) is 3. The lowest BCUT2D eigenvalue weighted by molar-refractivity contribution is 0.0220. The number of aryl methyl sites for hydroxylation is 1. The lowest BCUT2D eigenvalue weighted by Crippen LogP contribution is -2.56. The maximum Gasteiger partial charge on any atom is 0.171 e. The molecule has 1 aromatic heterocycles. The molecule has 0 saturated carbocycles. The van der Waals surface area contributed by atoms with Crippen LogP contribution in [0.2, 0.25) is 0 Å². The summed E-state index contributed by atoms with van der Waals surface area (Å²) < 4.78 is 0. The molecule has 27 heavy (non-hydrogen) atoms. The van der Waals surface area contributed by atoms with Crippen molar-refractivity contribution in [3.05, 3.63) is 51.7 Å². The van der Waals surface area contributed by atoms with Gasteiger partial charge >= 0.3 is 0 Å². The summed E-state index contributed by atoms with van der Waals surface area (Å²) in [4.78, 5) is 4.25. The summed E-state index contributed by atoms with van der Waals surface area (Å²) in [7, 11) is 0. The molecule has 144 valence electrons. The van der Waals surface area contributed by atoms with Crippen LogP contribution in [0, 0.1) is 13.8 Å². The minimum atomic E-state index is 0.477. The van der Waals surface area contributed by atoms with E-state index in [1.807, 2.05) is 11.3 Å². The van der Waals surface area contributed by atoms with Crippen molar-refractivity contribution in [2.24, 2.45) is 0 Å². The Morgan fingerprint density at radius 1 is 1.15 bits per heavy atom. The average Bonchev–Trinajstić information content (AvgIpc) is 3.13. The number of piperidine rings is 2. The lowest BCUT2D eigenvalue weighted by atomic mass is 9.81. The molecule has 3 heterocycles. The quantitative estimate of drug-likeness (QED) is 0.688. The van der Waals surface area contributed by atoms with Crippen molar-refractivity contribution in [3.8, 4) is 0 Å². The van der Waals surface area contributed by atoms with E-state index < -0.39 is 0 Å². The third-order valence-corrected chi connectivity index (χ3v) is 7.31. The van der Waals surface area contributed by atoms with E-state index in [1.54, 1.807) is 0 Å². The van der Waals surface area contributed by atoms with E-state index in [4.69, 9.17) is 12.2 Å². The van der Waals surface area contributed by atoms with Crippen LogP contribution < -0.4 is 10.6 Å². The largest absolute Gasteiger partial charge is 0.360 e. The van der Waals surface area contributed by atoms with E-state index in [0.29, 0.717) is 18.1 Å². The molecular formula is C22H29N3S2. The normalized spacial score (nSPS) is 25.2. The molecule has 2 bridgehead atoms.